The minimum Gasteiger partial charge on any atom is -0.490 e. The average Bonchev–Trinajstić information content (AvgIpc) is 3.37. The van der Waals surface area contributed by atoms with E-state index in [1.54, 1.807) is 0 Å². The molecule has 0 amide bonds. The molecule has 2 aromatic rings. The molecule has 0 aromatic heterocycles. The van der Waals surface area contributed by atoms with E-state index in [1.807, 2.05) is 38.1 Å². The molecule has 0 unspecified atom stereocenters. The second-order valence-corrected chi connectivity index (χ2v) is 8.66. The summed E-state index contributed by atoms with van der Waals surface area (Å²) < 4.78 is 12.0. The van der Waals surface area contributed by atoms with E-state index < -0.39 is 6.10 Å². The molecule has 1 aliphatic carbocycles. The van der Waals surface area contributed by atoms with E-state index >= 15 is 0 Å². The normalized spacial score (nSPS) is 22.6. The van der Waals surface area contributed by atoms with Crippen molar-refractivity contribution in [2.75, 3.05) is 13.7 Å². The molecule has 6 heteroatoms. The van der Waals surface area contributed by atoms with Gasteiger partial charge in [-0.25, -0.2) is 0 Å². The first kappa shape index (κ1) is 27.6. The second kappa shape index (κ2) is 14.6. The van der Waals surface area contributed by atoms with Gasteiger partial charge >= 0.3 is 0 Å². The molecule has 5 nitrogen and oxygen atoms in total. The number of rotatable bonds is 6. The zero-order chi connectivity index (χ0) is 24.2. The van der Waals surface area contributed by atoms with Crippen molar-refractivity contribution in [1.82, 2.24) is 0 Å². The van der Waals surface area contributed by atoms with E-state index in [0.717, 1.165) is 48.3 Å². The van der Waals surface area contributed by atoms with Crippen LogP contribution in [0.5, 0.6) is 5.75 Å². The molecule has 1 aliphatic heterocycles. The van der Waals surface area contributed by atoms with Gasteiger partial charge in [-0.2, -0.15) is 0 Å². The van der Waals surface area contributed by atoms with E-state index in [2.05, 4.69) is 18.2 Å². The number of hydrogen-bond donors (Lipinski definition) is 3. The summed E-state index contributed by atoms with van der Waals surface area (Å²) >= 11 is 6.46. The van der Waals surface area contributed by atoms with Crippen molar-refractivity contribution in [3.63, 3.8) is 0 Å². The summed E-state index contributed by atoms with van der Waals surface area (Å²) in [7, 11) is 1.00. The largest absolute Gasteiger partial charge is 0.490 e. The van der Waals surface area contributed by atoms with Crippen LogP contribution in [0.3, 0.4) is 0 Å². The van der Waals surface area contributed by atoms with E-state index in [-0.39, 0.29) is 18.8 Å². The van der Waals surface area contributed by atoms with Crippen LogP contribution in [0.25, 0.3) is 0 Å². The van der Waals surface area contributed by atoms with Crippen LogP contribution in [0.15, 0.2) is 42.5 Å². The third-order valence-corrected chi connectivity index (χ3v) is 6.31. The van der Waals surface area contributed by atoms with E-state index in [4.69, 9.17) is 26.2 Å². The SMILES string of the molecule is CC.CO.OC[C@@H]1C[C@H](O)C[C@H](c2ccc(Cl)c(Cc3ccc(OC4CCCC4)cc3)c2)O1. The Kier molecular flexibility index (Phi) is 12.2. The Bertz CT molecular complexity index is 805. The maximum Gasteiger partial charge on any atom is 0.119 e. The molecule has 1 heterocycles. The number of halogens is 1. The Morgan fingerprint density at radius 2 is 1.67 bits per heavy atom. The Labute approximate surface area is 203 Å². The molecule has 1 saturated heterocycles. The quantitative estimate of drug-likeness (QED) is 0.513. The van der Waals surface area contributed by atoms with Gasteiger partial charge in [-0.3, -0.25) is 0 Å². The number of ether oxygens (including phenoxy) is 2. The predicted molar refractivity (Wildman–Crippen MR) is 133 cm³/mol. The summed E-state index contributed by atoms with van der Waals surface area (Å²) in [5.41, 5.74) is 3.18. The van der Waals surface area contributed by atoms with Crippen molar-refractivity contribution in [2.24, 2.45) is 0 Å². The first-order chi connectivity index (χ1) is 16.1. The molecule has 2 fully saturated rings. The molecule has 1 saturated carbocycles. The highest BCUT2D eigenvalue weighted by Crippen LogP contribution is 2.34. The van der Waals surface area contributed by atoms with Crippen LogP contribution in [0.1, 0.15) is 75.2 Å². The summed E-state index contributed by atoms with van der Waals surface area (Å²) in [6, 6.07) is 14.2. The summed E-state index contributed by atoms with van der Waals surface area (Å²) in [6.07, 6.45) is 5.90. The molecule has 2 aromatic carbocycles. The topological polar surface area (TPSA) is 79.2 Å². The third-order valence-electron chi connectivity index (χ3n) is 5.95. The first-order valence-corrected chi connectivity index (χ1v) is 12.4. The summed E-state index contributed by atoms with van der Waals surface area (Å²) in [5, 5.41) is 27.2. The highest BCUT2D eigenvalue weighted by molar-refractivity contribution is 6.31. The Morgan fingerprint density at radius 3 is 2.30 bits per heavy atom. The maximum absolute atomic E-state index is 10.1. The summed E-state index contributed by atoms with van der Waals surface area (Å²) in [6.45, 7) is 3.92. The molecule has 0 spiro atoms. The lowest BCUT2D eigenvalue weighted by Gasteiger charge is -2.32. The molecular weight excluding hydrogens is 440 g/mol. The van der Waals surface area contributed by atoms with Crippen LogP contribution in [-0.4, -0.2) is 47.3 Å². The highest BCUT2D eigenvalue weighted by atomic mass is 35.5. The molecular formula is C27H39ClO5. The van der Waals surface area contributed by atoms with Gasteiger partial charge in [-0.05, 0) is 67.0 Å². The lowest BCUT2D eigenvalue weighted by molar-refractivity contribution is -0.113. The summed E-state index contributed by atoms with van der Waals surface area (Å²) in [5.74, 6) is 0.931. The lowest BCUT2D eigenvalue weighted by Crippen LogP contribution is -2.33. The van der Waals surface area contributed by atoms with Gasteiger partial charge < -0.3 is 24.8 Å². The number of aliphatic hydroxyl groups excluding tert-OH is 3. The van der Waals surface area contributed by atoms with Crippen LogP contribution in [0.4, 0.5) is 0 Å². The molecule has 184 valence electrons. The number of aliphatic hydroxyl groups is 3. The number of benzene rings is 2. The molecule has 3 atom stereocenters. The summed E-state index contributed by atoms with van der Waals surface area (Å²) in [4.78, 5) is 0. The van der Waals surface area contributed by atoms with E-state index in [1.165, 1.54) is 18.4 Å². The van der Waals surface area contributed by atoms with Crippen LogP contribution in [-0.2, 0) is 11.2 Å². The van der Waals surface area contributed by atoms with Gasteiger partial charge in [0.15, 0.2) is 0 Å². The molecule has 3 N–H and O–H groups in total. The van der Waals surface area contributed by atoms with Crippen molar-refractivity contribution in [1.29, 1.82) is 0 Å². The van der Waals surface area contributed by atoms with Gasteiger partial charge in [0, 0.05) is 25.0 Å². The van der Waals surface area contributed by atoms with Crippen LogP contribution in [0, 0.1) is 0 Å². The predicted octanol–water partition coefficient (Wildman–Crippen LogP) is 5.46. The van der Waals surface area contributed by atoms with E-state index in [0.29, 0.717) is 18.9 Å². The molecule has 0 radical (unpaired) electrons. The highest BCUT2D eigenvalue weighted by Gasteiger charge is 2.29. The van der Waals surface area contributed by atoms with Crippen LogP contribution < -0.4 is 4.74 Å². The Morgan fingerprint density at radius 1 is 1.00 bits per heavy atom. The fourth-order valence-corrected chi connectivity index (χ4v) is 4.54. The van der Waals surface area contributed by atoms with Gasteiger partial charge in [-0.15, -0.1) is 0 Å². The minimum absolute atomic E-state index is 0.0801. The first-order valence-electron chi connectivity index (χ1n) is 12.0. The Balaban J connectivity index is 0.000000914. The molecule has 4 rings (SSSR count). The van der Waals surface area contributed by atoms with E-state index in [9.17, 15) is 10.2 Å². The molecule has 33 heavy (non-hydrogen) atoms. The minimum atomic E-state index is -0.461. The average molecular weight is 479 g/mol. The maximum atomic E-state index is 10.1. The second-order valence-electron chi connectivity index (χ2n) is 8.25. The molecule has 2 aliphatic rings. The standard InChI is InChI=1S/C24H29ClO4.C2H6.CH4O/c25-23-10-7-17(24-14-19(27)13-22(15-26)29-24)12-18(23)11-16-5-8-21(9-6-16)28-20-3-1-2-4-20;2*1-2/h5-10,12,19-20,22,24,26-27H,1-4,11,13-15H2;1-2H3;2H,1H3/t19-,22-,24+;;/m0../s1. The monoisotopic (exact) mass is 478 g/mol. The zero-order valence-corrected chi connectivity index (χ0v) is 20.8. The van der Waals surface area contributed by atoms with Crippen molar-refractivity contribution in [3.8, 4) is 5.75 Å². The van der Waals surface area contributed by atoms with Gasteiger partial charge in [0.1, 0.15) is 5.75 Å². The van der Waals surface area contributed by atoms with Gasteiger partial charge in [0.2, 0.25) is 0 Å². The fourth-order valence-electron chi connectivity index (χ4n) is 4.36. The van der Waals surface area contributed by atoms with Crippen molar-refractivity contribution in [3.05, 3.63) is 64.2 Å². The van der Waals surface area contributed by atoms with Crippen LogP contribution in [0.2, 0.25) is 5.02 Å². The molecule has 0 bridgehead atoms. The Hall–Kier alpha value is -1.63. The lowest BCUT2D eigenvalue weighted by atomic mass is 9.94. The van der Waals surface area contributed by atoms with Gasteiger partial charge in [-0.1, -0.05) is 49.7 Å². The van der Waals surface area contributed by atoms with Gasteiger partial charge in [0.25, 0.3) is 0 Å². The zero-order valence-electron chi connectivity index (χ0n) is 20.0. The van der Waals surface area contributed by atoms with Crippen molar-refractivity contribution >= 4 is 11.6 Å². The smallest absolute Gasteiger partial charge is 0.119 e. The van der Waals surface area contributed by atoms with Crippen molar-refractivity contribution < 1.29 is 24.8 Å². The van der Waals surface area contributed by atoms with Gasteiger partial charge in [0.05, 0.1) is 31.0 Å². The van der Waals surface area contributed by atoms with Crippen molar-refractivity contribution in [2.45, 2.75) is 83.2 Å². The fraction of sp³-hybridized carbons (Fsp3) is 0.556. The number of hydrogen-bond acceptors (Lipinski definition) is 5. The van der Waals surface area contributed by atoms with Crippen LogP contribution >= 0.6 is 11.6 Å². The third kappa shape index (κ3) is 8.27.